The van der Waals surface area contributed by atoms with Crippen molar-refractivity contribution in [3.05, 3.63) is 35.6 Å². The third kappa shape index (κ3) is 5.39. The van der Waals surface area contributed by atoms with Gasteiger partial charge in [0.2, 0.25) is 5.91 Å². The summed E-state index contributed by atoms with van der Waals surface area (Å²) in [5.74, 6) is -0.205. The van der Waals surface area contributed by atoms with Crippen LogP contribution in [-0.2, 0) is 11.2 Å². The van der Waals surface area contributed by atoms with E-state index >= 15 is 0 Å². The molecule has 1 aromatic carbocycles. The minimum atomic E-state index is -0.263. The average Bonchev–Trinajstić information content (AvgIpc) is 2.40. The largest absolute Gasteiger partial charge is 0.352 e. The molecule has 3 nitrogen and oxygen atoms in total. The predicted molar refractivity (Wildman–Crippen MR) is 75.5 cm³/mol. The van der Waals surface area contributed by atoms with Crippen LogP contribution in [0.1, 0.15) is 32.8 Å². The summed E-state index contributed by atoms with van der Waals surface area (Å²) in [5, 5.41) is 6.02. The van der Waals surface area contributed by atoms with Crippen LogP contribution in [0.4, 0.5) is 4.39 Å². The summed E-state index contributed by atoms with van der Waals surface area (Å²) in [7, 11) is 0. The zero-order valence-electron chi connectivity index (χ0n) is 11.9. The predicted octanol–water partition coefficient (Wildman–Crippen LogP) is 2.26. The standard InChI is InChI=1S/C15H23FN2O/c1-4-11(2)18-15(19)12(3)17-10-9-13-7-5-6-8-14(13)16/h5-8,11-12,17H,4,9-10H2,1-3H3,(H,18,19). The Bertz CT molecular complexity index is 409. The Morgan fingerprint density at radius 1 is 1.32 bits per heavy atom. The maximum absolute atomic E-state index is 13.4. The molecule has 2 N–H and O–H groups in total. The Balaban J connectivity index is 2.33. The van der Waals surface area contributed by atoms with Gasteiger partial charge in [0.25, 0.3) is 0 Å². The van der Waals surface area contributed by atoms with Crippen molar-refractivity contribution in [3.8, 4) is 0 Å². The van der Waals surface area contributed by atoms with Crippen molar-refractivity contribution >= 4 is 5.91 Å². The lowest BCUT2D eigenvalue weighted by atomic mass is 10.1. The van der Waals surface area contributed by atoms with Gasteiger partial charge in [-0.05, 0) is 38.3 Å². The molecule has 1 aromatic rings. The third-order valence-electron chi connectivity index (χ3n) is 3.20. The van der Waals surface area contributed by atoms with E-state index in [0.717, 1.165) is 6.42 Å². The highest BCUT2D eigenvalue weighted by Gasteiger charge is 2.13. The van der Waals surface area contributed by atoms with Crippen molar-refractivity contribution in [1.29, 1.82) is 0 Å². The molecule has 19 heavy (non-hydrogen) atoms. The van der Waals surface area contributed by atoms with Crippen molar-refractivity contribution in [3.63, 3.8) is 0 Å². The molecule has 2 unspecified atom stereocenters. The van der Waals surface area contributed by atoms with Gasteiger partial charge in [-0.1, -0.05) is 25.1 Å². The zero-order valence-corrected chi connectivity index (χ0v) is 11.9. The summed E-state index contributed by atoms with van der Waals surface area (Å²) >= 11 is 0. The molecule has 0 radical (unpaired) electrons. The molecule has 0 fully saturated rings. The smallest absolute Gasteiger partial charge is 0.237 e. The van der Waals surface area contributed by atoms with E-state index in [1.807, 2.05) is 26.8 Å². The van der Waals surface area contributed by atoms with E-state index in [-0.39, 0.29) is 23.8 Å². The maximum Gasteiger partial charge on any atom is 0.237 e. The summed E-state index contributed by atoms with van der Waals surface area (Å²) in [5.41, 5.74) is 0.671. The second-order valence-corrected chi connectivity index (χ2v) is 4.84. The Labute approximate surface area is 114 Å². The fraction of sp³-hybridized carbons (Fsp3) is 0.533. The van der Waals surface area contributed by atoms with E-state index in [4.69, 9.17) is 0 Å². The molecule has 0 aliphatic rings. The molecule has 1 rings (SSSR count). The van der Waals surface area contributed by atoms with Crippen molar-refractivity contribution in [1.82, 2.24) is 10.6 Å². The average molecular weight is 266 g/mol. The van der Waals surface area contributed by atoms with Crippen LogP contribution in [0, 0.1) is 5.82 Å². The van der Waals surface area contributed by atoms with Gasteiger partial charge in [0.15, 0.2) is 0 Å². The molecule has 0 saturated heterocycles. The normalized spacial score (nSPS) is 13.9. The number of hydrogen-bond donors (Lipinski definition) is 2. The summed E-state index contributed by atoms with van der Waals surface area (Å²) in [6, 6.07) is 6.63. The zero-order chi connectivity index (χ0) is 14.3. The van der Waals surface area contributed by atoms with Gasteiger partial charge >= 0.3 is 0 Å². The number of carbonyl (C=O) groups excluding carboxylic acids is 1. The molecule has 2 atom stereocenters. The summed E-state index contributed by atoms with van der Waals surface area (Å²) in [4.78, 5) is 11.8. The lowest BCUT2D eigenvalue weighted by molar-refractivity contribution is -0.123. The first-order valence-electron chi connectivity index (χ1n) is 6.81. The maximum atomic E-state index is 13.4. The first-order chi connectivity index (χ1) is 9.04. The highest BCUT2D eigenvalue weighted by atomic mass is 19.1. The van der Waals surface area contributed by atoms with Crippen LogP contribution < -0.4 is 10.6 Å². The van der Waals surface area contributed by atoms with Crippen LogP contribution >= 0.6 is 0 Å². The first kappa shape index (κ1) is 15.6. The van der Waals surface area contributed by atoms with Crippen molar-refractivity contribution in [2.24, 2.45) is 0 Å². The van der Waals surface area contributed by atoms with Gasteiger partial charge in [-0.3, -0.25) is 4.79 Å². The molecular weight excluding hydrogens is 243 g/mol. The van der Waals surface area contributed by atoms with Gasteiger partial charge in [0, 0.05) is 12.6 Å². The first-order valence-corrected chi connectivity index (χ1v) is 6.81. The van der Waals surface area contributed by atoms with Gasteiger partial charge in [0.1, 0.15) is 5.82 Å². The molecular formula is C15H23FN2O. The molecule has 0 saturated carbocycles. The second kappa shape index (κ2) is 7.89. The van der Waals surface area contributed by atoms with E-state index < -0.39 is 0 Å². The molecule has 4 heteroatoms. The van der Waals surface area contributed by atoms with E-state index in [1.165, 1.54) is 6.07 Å². The Hall–Kier alpha value is -1.42. The monoisotopic (exact) mass is 266 g/mol. The Morgan fingerprint density at radius 3 is 2.63 bits per heavy atom. The summed E-state index contributed by atoms with van der Waals surface area (Å²) in [6.07, 6.45) is 1.49. The van der Waals surface area contributed by atoms with Crippen LogP contribution in [0.2, 0.25) is 0 Å². The topological polar surface area (TPSA) is 41.1 Å². The molecule has 0 aliphatic carbocycles. The molecule has 106 valence electrons. The van der Waals surface area contributed by atoms with Gasteiger partial charge < -0.3 is 10.6 Å². The number of halogens is 1. The van der Waals surface area contributed by atoms with Crippen LogP contribution in [-0.4, -0.2) is 24.5 Å². The van der Waals surface area contributed by atoms with E-state index in [2.05, 4.69) is 10.6 Å². The van der Waals surface area contributed by atoms with Gasteiger partial charge in [-0.2, -0.15) is 0 Å². The Morgan fingerprint density at radius 2 is 2.00 bits per heavy atom. The molecule has 0 heterocycles. The fourth-order valence-electron chi connectivity index (χ4n) is 1.69. The van der Waals surface area contributed by atoms with Crippen molar-refractivity contribution in [2.45, 2.75) is 45.7 Å². The minimum Gasteiger partial charge on any atom is -0.352 e. The molecule has 0 bridgehead atoms. The van der Waals surface area contributed by atoms with Crippen LogP contribution in [0.15, 0.2) is 24.3 Å². The molecule has 0 spiro atoms. The second-order valence-electron chi connectivity index (χ2n) is 4.84. The van der Waals surface area contributed by atoms with Crippen LogP contribution in [0.3, 0.4) is 0 Å². The van der Waals surface area contributed by atoms with E-state index in [0.29, 0.717) is 18.5 Å². The van der Waals surface area contributed by atoms with Gasteiger partial charge in [0.05, 0.1) is 6.04 Å². The molecule has 0 aromatic heterocycles. The molecule has 1 amide bonds. The summed E-state index contributed by atoms with van der Waals surface area (Å²) in [6.45, 7) is 6.40. The number of carbonyl (C=O) groups is 1. The lowest BCUT2D eigenvalue weighted by Gasteiger charge is -2.17. The quantitative estimate of drug-likeness (QED) is 0.795. The Kier molecular flexibility index (Phi) is 6.50. The number of rotatable bonds is 7. The highest BCUT2D eigenvalue weighted by molar-refractivity contribution is 5.81. The van der Waals surface area contributed by atoms with Gasteiger partial charge in [-0.15, -0.1) is 0 Å². The van der Waals surface area contributed by atoms with E-state index in [9.17, 15) is 9.18 Å². The molecule has 0 aliphatic heterocycles. The van der Waals surface area contributed by atoms with Crippen LogP contribution in [0.5, 0.6) is 0 Å². The third-order valence-corrected chi connectivity index (χ3v) is 3.20. The minimum absolute atomic E-state index is 0.0112. The SMILES string of the molecule is CCC(C)NC(=O)C(C)NCCc1ccccc1F. The van der Waals surface area contributed by atoms with Crippen molar-refractivity contribution in [2.75, 3.05) is 6.54 Å². The van der Waals surface area contributed by atoms with Gasteiger partial charge in [-0.25, -0.2) is 4.39 Å². The number of amides is 1. The number of nitrogens with one attached hydrogen (secondary N) is 2. The van der Waals surface area contributed by atoms with E-state index in [1.54, 1.807) is 12.1 Å². The van der Waals surface area contributed by atoms with Crippen molar-refractivity contribution < 1.29 is 9.18 Å². The number of benzene rings is 1. The summed E-state index contributed by atoms with van der Waals surface area (Å²) < 4.78 is 13.4. The number of hydrogen-bond acceptors (Lipinski definition) is 2. The lowest BCUT2D eigenvalue weighted by Crippen LogP contribution is -2.45. The van der Waals surface area contributed by atoms with Crippen LogP contribution in [0.25, 0.3) is 0 Å². The highest BCUT2D eigenvalue weighted by Crippen LogP contribution is 2.06. The fourth-order valence-corrected chi connectivity index (χ4v) is 1.69.